The minimum absolute atomic E-state index is 0.307. The molecule has 5 heteroatoms. The van der Waals surface area contributed by atoms with Crippen molar-refractivity contribution in [1.82, 2.24) is 5.32 Å². The fourth-order valence-electron chi connectivity index (χ4n) is 1.79. The Morgan fingerprint density at radius 1 is 1.16 bits per heavy atom. The summed E-state index contributed by atoms with van der Waals surface area (Å²) < 4.78 is 39.1. The molecule has 1 rings (SSSR count). The number of benzene rings is 1. The third-order valence-corrected chi connectivity index (χ3v) is 3.56. The Morgan fingerprint density at radius 3 is 2.05 bits per heavy atom. The van der Waals surface area contributed by atoms with Crippen LogP contribution in [0.3, 0.4) is 0 Å². The highest BCUT2D eigenvalue weighted by atomic mass is 19.2. The number of rotatable bonds is 6. The van der Waals surface area contributed by atoms with Crippen molar-refractivity contribution in [2.75, 3.05) is 6.54 Å². The van der Waals surface area contributed by atoms with Crippen LogP contribution in [0.15, 0.2) is 12.1 Å². The maximum absolute atomic E-state index is 13.1. The first-order chi connectivity index (χ1) is 8.83. The Balaban J connectivity index is 2.76. The van der Waals surface area contributed by atoms with Crippen LogP contribution in [-0.4, -0.2) is 17.3 Å². The first-order valence-electron chi connectivity index (χ1n) is 6.43. The number of aliphatic hydroxyl groups is 1. The van der Waals surface area contributed by atoms with Crippen molar-refractivity contribution in [1.29, 1.82) is 0 Å². The summed E-state index contributed by atoms with van der Waals surface area (Å²) in [7, 11) is 0. The highest BCUT2D eigenvalue weighted by molar-refractivity contribution is 5.22. The average Bonchev–Trinajstić information content (AvgIpc) is 2.41. The van der Waals surface area contributed by atoms with Crippen molar-refractivity contribution in [3.05, 3.63) is 35.1 Å². The largest absolute Gasteiger partial charge is 0.389 e. The van der Waals surface area contributed by atoms with Crippen molar-refractivity contribution in [2.45, 2.75) is 45.3 Å². The molecule has 0 bridgehead atoms. The molecule has 0 saturated heterocycles. The average molecular weight is 275 g/mol. The van der Waals surface area contributed by atoms with E-state index in [0.717, 1.165) is 12.1 Å². The molecule has 0 heterocycles. The minimum atomic E-state index is -1.46. The van der Waals surface area contributed by atoms with Crippen molar-refractivity contribution in [3.63, 3.8) is 0 Å². The topological polar surface area (TPSA) is 32.3 Å². The van der Waals surface area contributed by atoms with Crippen molar-refractivity contribution >= 4 is 0 Å². The first-order valence-corrected chi connectivity index (χ1v) is 6.43. The quantitative estimate of drug-likeness (QED) is 0.781. The summed E-state index contributed by atoms with van der Waals surface area (Å²) >= 11 is 0. The minimum Gasteiger partial charge on any atom is -0.389 e. The molecule has 1 atom stereocenters. The standard InChI is InChI=1S/C14H20F3NO/c1-4-14(19,5-2)8-18-9(3)10-6-11(15)13(17)12(16)7-10/h6-7,9,18-19H,4-5,8H2,1-3H3. The van der Waals surface area contributed by atoms with Gasteiger partial charge in [0.25, 0.3) is 0 Å². The predicted octanol–water partition coefficient (Wildman–Crippen LogP) is 3.31. The van der Waals surface area contributed by atoms with Gasteiger partial charge in [0.05, 0.1) is 5.60 Å². The molecular weight excluding hydrogens is 255 g/mol. The molecular formula is C14H20F3NO. The molecule has 1 unspecified atom stereocenters. The second-order valence-electron chi connectivity index (χ2n) is 4.83. The van der Waals surface area contributed by atoms with E-state index in [1.165, 1.54) is 0 Å². The van der Waals surface area contributed by atoms with Crippen LogP contribution in [0, 0.1) is 17.5 Å². The van der Waals surface area contributed by atoms with Crippen LogP contribution < -0.4 is 5.32 Å². The molecule has 0 radical (unpaired) electrons. The second-order valence-corrected chi connectivity index (χ2v) is 4.83. The van der Waals surface area contributed by atoms with Crippen LogP contribution in [0.2, 0.25) is 0 Å². The van der Waals surface area contributed by atoms with Gasteiger partial charge in [-0.15, -0.1) is 0 Å². The second kappa shape index (κ2) is 6.39. The van der Waals surface area contributed by atoms with Crippen molar-refractivity contribution < 1.29 is 18.3 Å². The Morgan fingerprint density at radius 2 is 1.63 bits per heavy atom. The van der Waals surface area contributed by atoms with Gasteiger partial charge in [-0.25, -0.2) is 13.2 Å². The molecule has 1 aromatic carbocycles. The van der Waals surface area contributed by atoms with Gasteiger partial charge in [0, 0.05) is 12.6 Å². The Bertz CT molecular complexity index is 410. The molecule has 19 heavy (non-hydrogen) atoms. The van der Waals surface area contributed by atoms with E-state index >= 15 is 0 Å². The summed E-state index contributed by atoms with van der Waals surface area (Å²) in [6.45, 7) is 5.75. The summed E-state index contributed by atoms with van der Waals surface area (Å²) in [5.41, 5.74) is -0.531. The van der Waals surface area contributed by atoms with Gasteiger partial charge in [-0.3, -0.25) is 0 Å². The van der Waals surface area contributed by atoms with Crippen LogP contribution >= 0.6 is 0 Å². The molecule has 108 valence electrons. The van der Waals surface area contributed by atoms with E-state index in [1.807, 2.05) is 13.8 Å². The normalized spacial score (nSPS) is 13.6. The number of hydrogen-bond acceptors (Lipinski definition) is 2. The number of nitrogens with one attached hydrogen (secondary N) is 1. The van der Waals surface area contributed by atoms with Gasteiger partial charge in [0.1, 0.15) is 0 Å². The van der Waals surface area contributed by atoms with Gasteiger partial charge in [-0.1, -0.05) is 13.8 Å². The van der Waals surface area contributed by atoms with E-state index in [-0.39, 0.29) is 6.04 Å². The van der Waals surface area contributed by atoms with E-state index in [1.54, 1.807) is 6.92 Å². The molecule has 0 aromatic heterocycles. The van der Waals surface area contributed by atoms with Crippen LogP contribution in [0.1, 0.15) is 45.2 Å². The summed E-state index contributed by atoms with van der Waals surface area (Å²) in [6, 6.07) is 1.55. The van der Waals surface area contributed by atoms with Crippen molar-refractivity contribution in [3.8, 4) is 0 Å². The maximum atomic E-state index is 13.1. The van der Waals surface area contributed by atoms with Crippen LogP contribution in [0.25, 0.3) is 0 Å². The Kier molecular flexibility index (Phi) is 5.38. The zero-order valence-electron chi connectivity index (χ0n) is 11.4. The SMILES string of the molecule is CCC(O)(CC)CNC(C)c1cc(F)c(F)c(F)c1. The lowest BCUT2D eigenvalue weighted by atomic mass is 9.96. The molecule has 2 N–H and O–H groups in total. The smallest absolute Gasteiger partial charge is 0.194 e. The van der Waals surface area contributed by atoms with Gasteiger partial charge in [-0.2, -0.15) is 0 Å². The van der Waals surface area contributed by atoms with Gasteiger partial charge >= 0.3 is 0 Å². The third kappa shape index (κ3) is 3.94. The lowest BCUT2D eigenvalue weighted by Crippen LogP contribution is -2.40. The highest BCUT2D eigenvalue weighted by Crippen LogP contribution is 2.20. The molecule has 0 aliphatic heterocycles. The fourth-order valence-corrected chi connectivity index (χ4v) is 1.79. The van der Waals surface area contributed by atoms with E-state index < -0.39 is 23.1 Å². The van der Waals surface area contributed by atoms with Gasteiger partial charge in [0.2, 0.25) is 0 Å². The first kappa shape index (κ1) is 16.0. The summed E-state index contributed by atoms with van der Waals surface area (Å²) in [5.74, 6) is -3.87. The number of hydrogen-bond donors (Lipinski definition) is 2. The molecule has 0 amide bonds. The van der Waals surface area contributed by atoms with Crippen molar-refractivity contribution in [2.24, 2.45) is 0 Å². The Labute approximate surface area is 111 Å². The predicted molar refractivity (Wildman–Crippen MR) is 68.3 cm³/mol. The Hall–Kier alpha value is -1.07. The van der Waals surface area contributed by atoms with E-state index in [0.29, 0.717) is 24.9 Å². The molecule has 0 aliphatic rings. The van der Waals surface area contributed by atoms with Crippen LogP contribution in [0.4, 0.5) is 13.2 Å². The monoisotopic (exact) mass is 275 g/mol. The zero-order valence-corrected chi connectivity index (χ0v) is 11.4. The van der Waals surface area contributed by atoms with Gasteiger partial charge in [0.15, 0.2) is 17.5 Å². The lowest BCUT2D eigenvalue weighted by Gasteiger charge is -2.27. The number of halogens is 3. The third-order valence-electron chi connectivity index (χ3n) is 3.56. The summed E-state index contributed by atoms with van der Waals surface area (Å²) in [4.78, 5) is 0. The molecule has 1 aromatic rings. The summed E-state index contributed by atoms with van der Waals surface area (Å²) in [6.07, 6.45) is 1.16. The maximum Gasteiger partial charge on any atom is 0.194 e. The van der Waals surface area contributed by atoms with Gasteiger partial charge < -0.3 is 10.4 Å². The van der Waals surface area contributed by atoms with Crippen LogP contribution in [0.5, 0.6) is 0 Å². The molecule has 0 aliphatic carbocycles. The lowest BCUT2D eigenvalue weighted by molar-refractivity contribution is 0.0303. The summed E-state index contributed by atoms with van der Waals surface area (Å²) in [5, 5.41) is 13.1. The fraction of sp³-hybridized carbons (Fsp3) is 0.571. The van der Waals surface area contributed by atoms with E-state index in [2.05, 4.69) is 5.32 Å². The van der Waals surface area contributed by atoms with Gasteiger partial charge in [-0.05, 0) is 37.5 Å². The zero-order chi connectivity index (χ0) is 14.6. The molecule has 0 fully saturated rings. The highest BCUT2D eigenvalue weighted by Gasteiger charge is 2.23. The molecule has 0 spiro atoms. The van der Waals surface area contributed by atoms with E-state index in [9.17, 15) is 18.3 Å². The molecule has 0 saturated carbocycles. The van der Waals surface area contributed by atoms with Crippen LogP contribution in [-0.2, 0) is 0 Å². The van der Waals surface area contributed by atoms with E-state index in [4.69, 9.17) is 0 Å². The molecule has 2 nitrogen and oxygen atoms in total.